The van der Waals surface area contributed by atoms with Gasteiger partial charge in [-0.05, 0) is 26.8 Å². The molecule has 0 radical (unpaired) electrons. The molecule has 0 atom stereocenters. The van der Waals surface area contributed by atoms with Gasteiger partial charge in [0, 0.05) is 50.4 Å². The molecule has 1 aliphatic carbocycles. The van der Waals surface area contributed by atoms with Crippen LogP contribution in [0.25, 0.3) is 0 Å². The smallest absolute Gasteiger partial charge is 0.271 e. The number of rotatable bonds is 5. The maximum Gasteiger partial charge on any atom is 0.271 e. The molecule has 1 aromatic rings. The molecule has 21 heavy (non-hydrogen) atoms. The number of nitrogens with zero attached hydrogens (tertiary/aromatic N) is 3. The van der Waals surface area contributed by atoms with Crippen LogP contribution in [0.1, 0.15) is 29.0 Å². The molecule has 6 nitrogen and oxygen atoms in total. The molecule has 1 amide bonds. The van der Waals surface area contributed by atoms with Crippen molar-refractivity contribution in [3.05, 3.63) is 17.7 Å². The van der Waals surface area contributed by atoms with Crippen LogP contribution in [0.5, 0.6) is 0 Å². The van der Waals surface area contributed by atoms with E-state index >= 15 is 0 Å². The molecule has 1 saturated carbocycles. The van der Waals surface area contributed by atoms with Gasteiger partial charge in [-0.15, -0.1) is 0 Å². The largest absolute Gasteiger partial charge is 0.350 e. The zero-order valence-electron chi connectivity index (χ0n) is 13.0. The zero-order chi connectivity index (χ0) is 14.9. The monoisotopic (exact) mass is 291 g/mol. The third kappa shape index (κ3) is 3.44. The lowest BCUT2D eigenvalue weighted by molar-refractivity contribution is 0.0922. The molecular formula is C15H25N5O. The fourth-order valence-corrected chi connectivity index (χ4v) is 2.99. The number of hydrogen-bond donors (Lipinski definition) is 2. The molecule has 2 fully saturated rings. The van der Waals surface area contributed by atoms with E-state index in [0.29, 0.717) is 11.1 Å². The fraction of sp³-hybridized carbons (Fsp3) is 0.733. The summed E-state index contributed by atoms with van der Waals surface area (Å²) in [6.45, 7) is 8.34. The number of piperazine rings is 1. The van der Waals surface area contributed by atoms with Gasteiger partial charge in [-0.1, -0.05) is 0 Å². The third-order valence-corrected chi connectivity index (χ3v) is 4.78. The van der Waals surface area contributed by atoms with E-state index in [1.54, 1.807) is 6.33 Å². The lowest BCUT2D eigenvalue weighted by Gasteiger charge is -2.34. The number of aromatic amines is 1. The Kier molecular flexibility index (Phi) is 3.99. The summed E-state index contributed by atoms with van der Waals surface area (Å²) >= 11 is 0. The van der Waals surface area contributed by atoms with Gasteiger partial charge in [0.1, 0.15) is 5.69 Å². The lowest BCUT2D eigenvalue weighted by Crippen LogP contribution is -2.48. The van der Waals surface area contributed by atoms with E-state index in [0.717, 1.165) is 45.0 Å². The highest BCUT2D eigenvalue weighted by Crippen LogP contribution is 2.45. The average Bonchev–Trinajstić information content (AvgIpc) is 3.10. The van der Waals surface area contributed by atoms with Gasteiger partial charge in [-0.25, -0.2) is 4.98 Å². The number of imidazole rings is 1. The van der Waals surface area contributed by atoms with Gasteiger partial charge in [0.15, 0.2) is 0 Å². The molecule has 0 aromatic carbocycles. The van der Waals surface area contributed by atoms with Gasteiger partial charge in [0.2, 0.25) is 0 Å². The van der Waals surface area contributed by atoms with Gasteiger partial charge < -0.3 is 20.1 Å². The molecule has 1 aliphatic heterocycles. The van der Waals surface area contributed by atoms with E-state index in [2.05, 4.69) is 32.1 Å². The van der Waals surface area contributed by atoms with E-state index in [-0.39, 0.29) is 5.91 Å². The maximum atomic E-state index is 12.1. The molecule has 0 spiro atoms. The summed E-state index contributed by atoms with van der Waals surface area (Å²) in [6, 6.07) is 0. The first-order valence-corrected chi connectivity index (χ1v) is 7.77. The highest BCUT2D eigenvalue weighted by atomic mass is 16.1. The quantitative estimate of drug-likeness (QED) is 0.828. The minimum absolute atomic E-state index is 0.0570. The number of carbonyl (C=O) groups is 1. The summed E-state index contributed by atoms with van der Waals surface area (Å²) in [5, 5.41) is 3.07. The topological polar surface area (TPSA) is 64.3 Å². The average molecular weight is 291 g/mol. The van der Waals surface area contributed by atoms with Crippen molar-refractivity contribution in [3.8, 4) is 0 Å². The second-order valence-electron chi connectivity index (χ2n) is 6.64. The molecular weight excluding hydrogens is 266 g/mol. The SMILES string of the molecule is Cc1[nH]cnc1C(=O)NCC1(CN2CCN(C)CC2)CC1. The van der Waals surface area contributed by atoms with Gasteiger partial charge in [0.05, 0.1) is 6.33 Å². The van der Waals surface area contributed by atoms with Crippen LogP contribution in [0.15, 0.2) is 6.33 Å². The molecule has 6 heteroatoms. The molecule has 1 aromatic heterocycles. The van der Waals surface area contributed by atoms with Crippen LogP contribution in [-0.4, -0.2) is 72.0 Å². The Bertz CT molecular complexity index is 500. The Hall–Kier alpha value is -1.40. The minimum atomic E-state index is -0.0570. The van der Waals surface area contributed by atoms with Crippen molar-refractivity contribution < 1.29 is 4.79 Å². The highest BCUT2D eigenvalue weighted by Gasteiger charge is 2.44. The van der Waals surface area contributed by atoms with Crippen molar-refractivity contribution in [2.45, 2.75) is 19.8 Å². The van der Waals surface area contributed by atoms with E-state index in [4.69, 9.17) is 0 Å². The third-order valence-electron chi connectivity index (χ3n) is 4.78. The molecule has 116 valence electrons. The zero-order valence-corrected chi connectivity index (χ0v) is 13.0. The number of nitrogens with one attached hydrogen (secondary N) is 2. The van der Waals surface area contributed by atoms with Gasteiger partial charge in [0.25, 0.3) is 5.91 Å². The summed E-state index contributed by atoms with van der Waals surface area (Å²) in [5.41, 5.74) is 1.65. The van der Waals surface area contributed by atoms with Crippen molar-refractivity contribution >= 4 is 5.91 Å². The highest BCUT2D eigenvalue weighted by molar-refractivity contribution is 5.93. The predicted molar refractivity (Wildman–Crippen MR) is 81.3 cm³/mol. The van der Waals surface area contributed by atoms with Gasteiger partial charge in [-0.3, -0.25) is 4.79 Å². The Morgan fingerprint density at radius 3 is 2.67 bits per heavy atom. The molecule has 2 aliphatic rings. The second-order valence-corrected chi connectivity index (χ2v) is 6.64. The van der Waals surface area contributed by atoms with Gasteiger partial charge >= 0.3 is 0 Å². The number of aromatic nitrogens is 2. The fourth-order valence-electron chi connectivity index (χ4n) is 2.99. The first-order valence-electron chi connectivity index (χ1n) is 7.77. The normalized spacial score (nSPS) is 22.2. The number of carbonyl (C=O) groups excluding carboxylic acids is 1. The number of aryl methyl sites for hydroxylation is 1. The number of H-pyrrole nitrogens is 1. The first-order chi connectivity index (χ1) is 10.1. The van der Waals surface area contributed by atoms with Gasteiger partial charge in [-0.2, -0.15) is 0 Å². The molecule has 1 saturated heterocycles. The maximum absolute atomic E-state index is 12.1. The van der Waals surface area contributed by atoms with E-state index < -0.39 is 0 Å². The first kappa shape index (κ1) is 14.5. The van der Waals surface area contributed by atoms with Crippen LogP contribution in [0, 0.1) is 12.3 Å². The van der Waals surface area contributed by atoms with Crippen LogP contribution in [0.2, 0.25) is 0 Å². The second kappa shape index (κ2) is 5.77. The van der Waals surface area contributed by atoms with Crippen molar-refractivity contribution in [2.24, 2.45) is 5.41 Å². The Balaban J connectivity index is 1.48. The molecule has 2 N–H and O–H groups in total. The Morgan fingerprint density at radius 2 is 2.10 bits per heavy atom. The van der Waals surface area contributed by atoms with E-state index in [1.807, 2.05) is 6.92 Å². The molecule has 3 rings (SSSR count). The predicted octanol–water partition coefficient (Wildman–Crippen LogP) is 0.476. The van der Waals surface area contributed by atoms with Crippen LogP contribution in [0.4, 0.5) is 0 Å². The van der Waals surface area contributed by atoms with Crippen molar-refractivity contribution in [3.63, 3.8) is 0 Å². The molecule has 0 bridgehead atoms. The van der Waals surface area contributed by atoms with Crippen molar-refractivity contribution in [1.82, 2.24) is 25.1 Å². The number of likely N-dealkylation sites (N-methyl/N-ethyl adjacent to an activating group) is 1. The molecule has 2 heterocycles. The van der Waals surface area contributed by atoms with Crippen LogP contribution in [-0.2, 0) is 0 Å². The van der Waals surface area contributed by atoms with Crippen LogP contribution < -0.4 is 5.32 Å². The summed E-state index contributed by atoms with van der Waals surface area (Å²) in [6.07, 6.45) is 4.01. The van der Waals surface area contributed by atoms with Crippen molar-refractivity contribution in [2.75, 3.05) is 46.3 Å². The van der Waals surface area contributed by atoms with Crippen LogP contribution >= 0.6 is 0 Å². The van der Waals surface area contributed by atoms with E-state index in [9.17, 15) is 4.79 Å². The summed E-state index contributed by atoms with van der Waals surface area (Å²) in [7, 11) is 2.18. The summed E-state index contributed by atoms with van der Waals surface area (Å²) in [5.74, 6) is -0.0570. The number of amides is 1. The standard InChI is InChI=1S/C15H25N5O/c1-12-13(18-11-17-12)14(21)16-9-15(3-4-15)10-20-7-5-19(2)6-8-20/h11H,3-10H2,1-2H3,(H,16,21)(H,17,18). The summed E-state index contributed by atoms with van der Waals surface area (Å²) in [4.78, 5) is 24.1. The Labute approximate surface area is 125 Å². The number of hydrogen-bond acceptors (Lipinski definition) is 4. The Morgan fingerprint density at radius 1 is 1.38 bits per heavy atom. The minimum Gasteiger partial charge on any atom is -0.350 e. The molecule has 0 unspecified atom stereocenters. The lowest BCUT2D eigenvalue weighted by atomic mass is 10.1. The van der Waals surface area contributed by atoms with E-state index in [1.165, 1.54) is 12.8 Å². The summed E-state index contributed by atoms with van der Waals surface area (Å²) < 4.78 is 0. The van der Waals surface area contributed by atoms with Crippen LogP contribution in [0.3, 0.4) is 0 Å². The van der Waals surface area contributed by atoms with Crippen molar-refractivity contribution in [1.29, 1.82) is 0 Å².